The highest BCUT2D eigenvalue weighted by molar-refractivity contribution is 5.91. The number of rotatable bonds is 0. The minimum Gasteiger partial charge on any atom is -0.393 e. The predicted molar refractivity (Wildman–Crippen MR) is 87.3 cm³/mol. The number of carbonyl (C=O) groups excluding carboxylic acids is 1. The molecule has 4 aliphatic carbocycles. The highest BCUT2D eigenvalue weighted by Gasteiger charge is 2.57. The van der Waals surface area contributed by atoms with Crippen LogP contribution in [-0.4, -0.2) is 17.0 Å². The van der Waals surface area contributed by atoms with Gasteiger partial charge in [-0.25, -0.2) is 0 Å². The topological polar surface area (TPSA) is 37.3 Å². The fourth-order valence-electron chi connectivity index (χ4n) is 6.73. The van der Waals surface area contributed by atoms with Gasteiger partial charge in [-0.05, 0) is 79.6 Å². The summed E-state index contributed by atoms with van der Waals surface area (Å²) in [4.78, 5) is 11.8. The Labute approximate surface area is 134 Å². The van der Waals surface area contributed by atoms with Crippen molar-refractivity contribution in [3.05, 3.63) is 11.6 Å². The zero-order valence-electron chi connectivity index (χ0n) is 14.1. The normalized spacial score (nSPS) is 51.4. The Balaban J connectivity index is 1.68. The molecule has 0 aromatic carbocycles. The van der Waals surface area contributed by atoms with Gasteiger partial charge < -0.3 is 5.11 Å². The third-order valence-corrected chi connectivity index (χ3v) is 8.15. The number of fused-ring (bicyclic) bond motifs is 5. The van der Waals surface area contributed by atoms with E-state index in [-0.39, 0.29) is 16.9 Å². The number of ketones is 1. The Hall–Kier alpha value is -0.630. The maximum Gasteiger partial charge on any atom is 0.155 e. The molecular weight excluding hydrogens is 272 g/mol. The van der Waals surface area contributed by atoms with Gasteiger partial charge >= 0.3 is 0 Å². The Morgan fingerprint density at radius 1 is 1.05 bits per heavy atom. The van der Waals surface area contributed by atoms with Gasteiger partial charge in [-0.1, -0.05) is 25.8 Å². The molecule has 0 unspecified atom stereocenters. The number of carbonyl (C=O) groups is 1. The molecule has 6 atom stereocenters. The van der Waals surface area contributed by atoms with Gasteiger partial charge in [-0.15, -0.1) is 0 Å². The van der Waals surface area contributed by atoms with E-state index in [9.17, 15) is 9.90 Å². The first kappa shape index (κ1) is 14.9. The van der Waals surface area contributed by atoms with E-state index >= 15 is 0 Å². The largest absolute Gasteiger partial charge is 0.393 e. The quantitative estimate of drug-likeness (QED) is 0.725. The minimum absolute atomic E-state index is 0.0927. The average molecular weight is 302 g/mol. The molecule has 0 spiro atoms. The monoisotopic (exact) mass is 302 g/mol. The van der Waals surface area contributed by atoms with E-state index in [1.54, 1.807) is 0 Å². The van der Waals surface area contributed by atoms with Crippen LogP contribution in [0.1, 0.15) is 71.6 Å². The number of aliphatic hydroxyl groups excluding tert-OH is 1. The standard InChI is InChI=1S/C20H30O2/c1-19-10-8-14(21)12-13(19)6-7-15-16-4-3-5-18(22)20(16,2)11-9-17(15)19/h12,15-18,22H,3-11H2,1-2H3/t15-,16-,17-,18-,19-,20-/m0/s1. The first-order valence-corrected chi connectivity index (χ1v) is 9.37. The van der Waals surface area contributed by atoms with E-state index in [2.05, 4.69) is 13.8 Å². The molecule has 22 heavy (non-hydrogen) atoms. The van der Waals surface area contributed by atoms with E-state index < -0.39 is 0 Å². The maximum atomic E-state index is 11.8. The van der Waals surface area contributed by atoms with Gasteiger partial charge in [0.15, 0.2) is 5.78 Å². The van der Waals surface area contributed by atoms with Crippen LogP contribution in [0.25, 0.3) is 0 Å². The van der Waals surface area contributed by atoms with Crippen LogP contribution in [0.15, 0.2) is 11.6 Å². The molecule has 0 heterocycles. The van der Waals surface area contributed by atoms with E-state index in [4.69, 9.17) is 0 Å². The maximum absolute atomic E-state index is 11.8. The minimum atomic E-state index is -0.0927. The summed E-state index contributed by atoms with van der Waals surface area (Å²) in [5, 5.41) is 10.6. The molecule has 3 fully saturated rings. The molecule has 0 aromatic heterocycles. The predicted octanol–water partition coefficient (Wildman–Crippen LogP) is 4.27. The van der Waals surface area contributed by atoms with Crippen LogP contribution in [0, 0.1) is 28.6 Å². The highest BCUT2D eigenvalue weighted by Crippen LogP contribution is 2.64. The van der Waals surface area contributed by atoms with Crippen molar-refractivity contribution < 1.29 is 9.90 Å². The highest BCUT2D eigenvalue weighted by atomic mass is 16.3. The van der Waals surface area contributed by atoms with Crippen LogP contribution < -0.4 is 0 Å². The van der Waals surface area contributed by atoms with Gasteiger partial charge in [0.2, 0.25) is 0 Å². The van der Waals surface area contributed by atoms with Crippen molar-refractivity contribution in [2.24, 2.45) is 28.6 Å². The van der Waals surface area contributed by atoms with Gasteiger partial charge in [0.1, 0.15) is 0 Å². The Morgan fingerprint density at radius 3 is 2.68 bits per heavy atom. The summed E-state index contributed by atoms with van der Waals surface area (Å²) in [6, 6.07) is 0. The smallest absolute Gasteiger partial charge is 0.155 e. The number of allylic oxidation sites excluding steroid dienone is 2. The lowest BCUT2D eigenvalue weighted by atomic mass is 9.44. The first-order valence-electron chi connectivity index (χ1n) is 9.37. The second kappa shape index (κ2) is 4.93. The Bertz CT molecular complexity index is 522. The third kappa shape index (κ3) is 1.92. The molecule has 0 aromatic rings. The number of hydrogen-bond acceptors (Lipinski definition) is 2. The summed E-state index contributed by atoms with van der Waals surface area (Å²) in [5.74, 6) is 2.55. The SMILES string of the molecule is C[C@]12CC[C@H]3[C@@H](CCC4=CC(=O)CC[C@@]43C)[C@@H]1CCC[C@@H]2O. The van der Waals surface area contributed by atoms with Crippen molar-refractivity contribution >= 4 is 5.78 Å². The van der Waals surface area contributed by atoms with E-state index in [1.807, 2.05) is 6.08 Å². The molecule has 4 rings (SSSR count). The lowest BCUT2D eigenvalue weighted by molar-refractivity contribution is -0.133. The third-order valence-electron chi connectivity index (χ3n) is 8.15. The van der Waals surface area contributed by atoms with E-state index in [0.717, 1.165) is 37.5 Å². The summed E-state index contributed by atoms with van der Waals surface area (Å²) in [6.07, 6.45) is 12.0. The van der Waals surface area contributed by atoms with Crippen LogP contribution in [0.2, 0.25) is 0 Å². The fraction of sp³-hybridized carbons (Fsp3) is 0.850. The van der Waals surface area contributed by atoms with E-state index in [1.165, 1.54) is 37.7 Å². The molecule has 0 saturated heterocycles. The number of hydrogen-bond donors (Lipinski definition) is 1. The van der Waals surface area contributed by atoms with Gasteiger partial charge in [0.05, 0.1) is 6.10 Å². The van der Waals surface area contributed by atoms with Crippen molar-refractivity contribution in [2.75, 3.05) is 0 Å². The molecule has 0 aliphatic heterocycles. The molecule has 2 nitrogen and oxygen atoms in total. The summed E-state index contributed by atoms with van der Waals surface area (Å²) in [7, 11) is 0. The van der Waals surface area contributed by atoms with Crippen molar-refractivity contribution in [3.8, 4) is 0 Å². The lowest BCUT2D eigenvalue weighted by Crippen LogP contribution is -2.55. The summed E-state index contributed by atoms with van der Waals surface area (Å²) in [5.41, 5.74) is 1.87. The van der Waals surface area contributed by atoms with Crippen molar-refractivity contribution in [1.82, 2.24) is 0 Å². The van der Waals surface area contributed by atoms with Gasteiger partial charge in [0.25, 0.3) is 0 Å². The Morgan fingerprint density at radius 2 is 1.86 bits per heavy atom. The molecule has 0 radical (unpaired) electrons. The molecule has 3 saturated carbocycles. The molecule has 4 aliphatic rings. The first-order chi connectivity index (χ1) is 10.4. The zero-order valence-corrected chi connectivity index (χ0v) is 14.1. The fourth-order valence-corrected chi connectivity index (χ4v) is 6.73. The molecule has 2 heteroatoms. The number of aliphatic hydroxyl groups is 1. The molecule has 122 valence electrons. The van der Waals surface area contributed by atoms with Gasteiger partial charge in [-0.3, -0.25) is 4.79 Å². The summed E-state index contributed by atoms with van der Waals surface area (Å²) in [6.45, 7) is 4.79. The molecule has 1 N–H and O–H groups in total. The summed E-state index contributed by atoms with van der Waals surface area (Å²) < 4.78 is 0. The Kier molecular flexibility index (Phi) is 3.35. The zero-order chi connectivity index (χ0) is 15.5. The van der Waals surface area contributed by atoms with Crippen LogP contribution in [0.5, 0.6) is 0 Å². The molecular formula is C20H30O2. The lowest BCUT2D eigenvalue weighted by Gasteiger charge is -2.61. The summed E-state index contributed by atoms with van der Waals surface area (Å²) >= 11 is 0. The van der Waals surface area contributed by atoms with Crippen LogP contribution >= 0.6 is 0 Å². The van der Waals surface area contributed by atoms with Gasteiger partial charge in [0, 0.05) is 6.42 Å². The van der Waals surface area contributed by atoms with Gasteiger partial charge in [-0.2, -0.15) is 0 Å². The van der Waals surface area contributed by atoms with Crippen LogP contribution in [0.4, 0.5) is 0 Å². The second-order valence-electron chi connectivity index (χ2n) is 8.96. The van der Waals surface area contributed by atoms with Crippen LogP contribution in [-0.2, 0) is 4.79 Å². The van der Waals surface area contributed by atoms with Crippen LogP contribution in [0.3, 0.4) is 0 Å². The molecule has 0 amide bonds. The average Bonchev–Trinajstić information content (AvgIpc) is 2.49. The van der Waals surface area contributed by atoms with Crippen molar-refractivity contribution in [3.63, 3.8) is 0 Å². The van der Waals surface area contributed by atoms with Crippen molar-refractivity contribution in [1.29, 1.82) is 0 Å². The van der Waals surface area contributed by atoms with Crippen molar-refractivity contribution in [2.45, 2.75) is 77.7 Å². The second-order valence-corrected chi connectivity index (χ2v) is 8.96. The van der Waals surface area contributed by atoms with E-state index in [0.29, 0.717) is 11.7 Å². The molecule has 0 bridgehead atoms.